The van der Waals surface area contributed by atoms with E-state index in [1.807, 2.05) is 28.8 Å². The summed E-state index contributed by atoms with van der Waals surface area (Å²) < 4.78 is 7.69. The molecule has 5 nitrogen and oxygen atoms in total. The number of ether oxygens (including phenoxy) is 1. The van der Waals surface area contributed by atoms with Gasteiger partial charge < -0.3 is 14.6 Å². The van der Waals surface area contributed by atoms with E-state index in [0.717, 1.165) is 30.5 Å². The summed E-state index contributed by atoms with van der Waals surface area (Å²) in [6.45, 7) is 2.23. The molecular formula is C17H23N3O2. The maximum Gasteiger partial charge on any atom is 0.221 e. The number of carbonyl (C=O) groups excluding carboxylic acids is 1. The van der Waals surface area contributed by atoms with Crippen molar-refractivity contribution >= 4 is 16.9 Å². The fraction of sp³-hybridized carbons (Fsp3) is 0.529. The van der Waals surface area contributed by atoms with Gasteiger partial charge in [0.15, 0.2) is 0 Å². The molecule has 1 aromatic heterocycles. The molecule has 1 saturated heterocycles. The lowest BCUT2D eigenvalue weighted by Crippen LogP contribution is -2.29. The van der Waals surface area contributed by atoms with Crippen molar-refractivity contribution in [2.45, 2.75) is 44.8 Å². The summed E-state index contributed by atoms with van der Waals surface area (Å²) in [5, 5.41) is 2.99. The molecule has 0 aliphatic carbocycles. The molecule has 118 valence electrons. The first kappa shape index (κ1) is 15.0. The fourth-order valence-corrected chi connectivity index (χ4v) is 2.91. The molecule has 0 radical (unpaired) electrons. The third-order valence-corrected chi connectivity index (χ3v) is 4.17. The second-order valence-corrected chi connectivity index (χ2v) is 5.80. The Morgan fingerprint density at radius 1 is 1.36 bits per heavy atom. The number of amides is 1. The predicted octanol–water partition coefficient (Wildman–Crippen LogP) is 2.50. The van der Waals surface area contributed by atoms with Crippen molar-refractivity contribution in [2.75, 3.05) is 13.2 Å². The molecule has 0 unspecified atom stereocenters. The van der Waals surface area contributed by atoms with Crippen molar-refractivity contribution in [3.8, 4) is 0 Å². The number of fused-ring (bicyclic) bond motifs is 1. The molecule has 5 heteroatoms. The van der Waals surface area contributed by atoms with Gasteiger partial charge in [0, 0.05) is 26.1 Å². The van der Waals surface area contributed by atoms with Gasteiger partial charge in [-0.3, -0.25) is 4.79 Å². The van der Waals surface area contributed by atoms with Crippen molar-refractivity contribution in [2.24, 2.45) is 0 Å². The van der Waals surface area contributed by atoms with Crippen molar-refractivity contribution in [3.05, 3.63) is 30.6 Å². The minimum Gasteiger partial charge on any atom is -0.378 e. The van der Waals surface area contributed by atoms with Crippen LogP contribution in [-0.2, 0) is 16.1 Å². The zero-order valence-corrected chi connectivity index (χ0v) is 12.8. The van der Waals surface area contributed by atoms with Crippen LogP contribution in [-0.4, -0.2) is 34.7 Å². The van der Waals surface area contributed by atoms with Crippen LogP contribution in [0.4, 0.5) is 0 Å². The minimum absolute atomic E-state index is 0.0913. The van der Waals surface area contributed by atoms with E-state index >= 15 is 0 Å². The Labute approximate surface area is 130 Å². The van der Waals surface area contributed by atoms with Gasteiger partial charge in [-0.05, 0) is 37.8 Å². The quantitative estimate of drug-likeness (QED) is 0.892. The van der Waals surface area contributed by atoms with Gasteiger partial charge in [-0.25, -0.2) is 4.98 Å². The average Bonchev–Trinajstić information content (AvgIpc) is 2.97. The van der Waals surface area contributed by atoms with E-state index in [1.165, 1.54) is 12.8 Å². The molecule has 1 amide bonds. The van der Waals surface area contributed by atoms with Gasteiger partial charge in [-0.2, -0.15) is 0 Å². The third kappa shape index (κ3) is 3.85. The molecule has 22 heavy (non-hydrogen) atoms. The number of benzene rings is 1. The first-order valence-electron chi connectivity index (χ1n) is 8.11. The molecule has 1 atom stereocenters. The van der Waals surface area contributed by atoms with Gasteiger partial charge in [0.05, 0.1) is 23.5 Å². The lowest BCUT2D eigenvalue weighted by Gasteiger charge is -2.22. The molecule has 0 saturated carbocycles. The molecule has 1 aliphatic rings. The van der Waals surface area contributed by atoms with E-state index in [0.29, 0.717) is 25.6 Å². The van der Waals surface area contributed by atoms with Gasteiger partial charge in [0.25, 0.3) is 0 Å². The number of imidazole rings is 1. The number of aromatic nitrogens is 2. The van der Waals surface area contributed by atoms with Crippen LogP contribution in [0.1, 0.15) is 32.1 Å². The van der Waals surface area contributed by atoms with E-state index in [2.05, 4.69) is 10.3 Å². The summed E-state index contributed by atoms with van der Waals surface area (Å²) in [5.74, 6) is 0.0913. The number of rotatable bonds is 6. The van der Waals surface area contributed by atoms with Gasteiger partial charge in [0.1, 0.15) is 0 Å². The summed E-state index contributed by atoms with van der Waals surface area (Å²) in [6, 6.07) is 7.97. The Kier molecular flexibility index (Phi) is 5.06. The van der Waals surface area contributed by atoms with Crippen LogP contribution >= 0.6 is 0 Å². The van der Waals surface area contributed by atoms with Crippen molar-refractivity contribution in [1.82, 2.24) is 14.9 Å². The van der Waals surface area contributed by atoms with Crippen molar-refractivity contribution in [1.29, 1.82) is 0 Å². The molecule has 1 N–H and O–H groups in total. The lowest BCUT2D eigenvalue weighted by atomic mass is 10.1. The average molecular weight is 301 g/mol. The molecule has 2 aromatic rings. The van der Waals surface area contributed by atoms with E-state index in [9.17, 15) is 4.79 Å². The van der Waals surface area contributed by atoms with Gasteiger partial charge in [0.2, 0.25) is 5.91 Å². The van der Waals surface area contributed by atoms with Crippen LogP contribution in [0.25, 0.3) is 11.0 Å². The van der Waals surface area contributed by atoms with Crippen LogP contribution < -0.4 is 5.32 Å². The van der Waals surface area contributed by atoms with E-state index in [-0.39, 0.29) is 5.91 Å². The zero-order valence-electron chi connectivity index (χ0n) is 12.8. The van der Waals surface area contributed by atoms with Crippen LogP contribution in [0, 0.1) is 0 Å². The molecular weight excluding hydrogens is 278 g/mol. The number of aryl methyl sites for hydroxylation is 1. The van der Waals surface area contributed by atoms with Crippen molar-refractivity contribution in [3.63, 3.8) is 0 Å². The predicted molar refractivity (Wildman–Crippen MR) is 85.6 cm³/mol. The Bertz CT molecular complexity index is 617. The highest BCUT2D eigenvalue weighted by atomic mass is 16.5. The first-order chi connectivity index (χ1) is 10.8. The maximum atomic E-state index is 11.9. The maximum absolute atomic E-state index is 11.9. The van der Waals surface area contributed by atoms with Gasteiger partial charge in [-0.1, -0.05) is 12.1 Å². The molecule has 3 rings (SSSR count). The minimum atomic E-state index is 0.0913. The summed E-state index contributed by atoms with van der Waals surface area (Å²) in [5.41, 5.74) is 2.04. The fourth-order valence-electron chi connectivity index (χ4n) is 2.91. The number of nitrogens with one attached hydrogen (secondary N) is 1. The summed E-state index contributed by atoms with van der Waals surface area (Å²) in [4.78, 5) is 16.3. The monoisotopic (exact) mass is 301 g/mol. The second kappa shape index (κ2) is 7.40. The Hall–Kier alpha value is -1.88. The summed E-state index contributed by atoms with van der Waals surface area (Å²) in [7, 11) is 0. The molecule has 0 bridgehead atoms. The summed E-state index contributed by atoms with van der Waals surface area (Å²) in [6.07, 6.45) is 7.05. The number of carbonyl (C=O) groups is 1. The Morgan fingerprint density at radius 2 is 2.27 bits per heavy atom. The molecule has 1 aliphatic heterocycles. The zero-order chi connectivity index (χ0) is 15.2. The van der Waals surface area contributed by atoms with Crippen molar-refractivity contribution < 1.29 is 9.53 Å². The highest BCUT2D eigenvalue weighted by molar-refractivity contribution is 5.77. The largest absolute Gasteiger partial charge is 0.378 e. The molecule has 1 aromatic carbocycles. The van der Waals surface area contributed by atoms with Gasteiger partial charge in [-0.15, -0.1) is 0 Å². The van der Waals surface area contributed by atoms with E-state index in [1.54, 1.807) is 6.33 Å². The highest BCUT2D eigenvalue weighted by Crippen LogP contribution is 2.15. The van der Waals surface area contributed by atoms with Gasteiger partial charge >= 0.3 is 0 Å². The Morgan fingerprint density at radius 3 is 3.14 bits per heavy atom. The number of hydrogen-bond donors (Lipinski definition) is 1. The number of para-hydroxylation sites is 2. The molecule has 0 spiro atoms. The van der Waals surface area contributed by atoms with Crippen LogP contribution in [0.3, 0.4) is 0 Å². The SMILES string of the molecule is O=C(CCn1cnc2ccccc21)NCC[C@H]1CCCCO1. The lowest BCUT2D eigenvalue weighted by molar-refractivity contribution is -0.121. The van der Waals surface area contributed by atoms with E-state index < -0.39 is 0 Å². The number of hydrogen-bond acceptors (Lipinski definition) is 3. The number of nitrogens with zero attached hydrogens (tertiary/aromatic N) is 2. The molecule has 2 heterocycles. The van der Waals surface area contributed by atoms with Crippen LogP contribution in [0.5, 0.6) is 0 Å². The Balaban J connectivity index is 1.40. The smallest absolute Gasteiger partial charge is 0.221 e. The molecule has 1 fully saturated rings. The highest BCUT2D eigenvalue weighted by Gasteiger charge is 2.13. The first-order valence-corrected chi connectivity index (χ1v) is 8.11. The second-order valence-electron chi connectivity index (χ2n) is 5.80. The van der Waals surface area contributed by atoms with E-state index in [4.69, 9.17) is 4.74 Å². The van der Waals surface area contributed by atoms with Crippen LogP contribution in [0.15, 0.2) is 30.6 Å². The van der Waals surface area contributed by atoms with Crippen LogP contribution in [0.2, 0.25) is 0 Å². The standard InChI is InChI=1S/C17H23N3O2/c21-17(18-10-8-14-5-3-4-12-22-14)9-11-20-13-19-15-6-1-2-7-16(15)20/h1-2,6-7,13-14H,3-5,8-12H2,(H,18,21)/t14-/m1/s1. The summed E-state index contributed by atoms with van der Waals surface area (Å²) >= 11 is 0. The normalized spacial score (nSPS) is 18.5. The third-order valence-electron chi connectivity index (χ3n) is 4.17. The topological polar surface area (TPSA) is 56.2 Å².